The lowest BCUT2D eigenvalue weighted by Gasteiger charge is -2.41. The number of sulfonamides is 1. The zero-order chi connectivity index (χ0) is 23.1. The van der Waals surface area contributed by atoms with Gasteiger partial charge < -0.3 is 19.1 Å². The minimum Gasteiger partial charge on any atom is -0.496 e. The molecular weight excluding hydrogens is 449 g/mol. The van der Waals surface area contributed by atoms with Crippen LogP contribution in [0, 0.1) is 5.82 Å². The van der Waals surface area contributed by atoms with Crippen LogP contribution in [0.25, 0.3) is 0 Å². The van der Waals surface area contributed by atoms with Gasteiger partial charge in [0.1, 0.15) is 11.6 Å². The van der Waals surface area contributed by atoms with Gasteiger partial charge in [0.05, 0.1) is 37.3 Å². The maximum Gasteiger partial charge on any atom is 0.243 e. The number of nitrogens with zero attached hydrogens (tertiary/aromatic N) is 3. The number of halogens is 1. The second-order valence-electron chi connectivity index (χ2n) is 8.43. The number of piperazine rings is 1. The number of methoxy groups -OCH3 is 1. The first kappa shape index (κ1) is 22.5. The molecule has 8 nitrogen and oxygen atoms in total. The largest absolute Gasteiger partial charge is 0.496 e. The topological polar surface area (TPSA) is 71.6 Å². The molecule has 2 aromatic rings. The fourth-order valence-electron chi connectivity index (χ4n) is 4.83. The molecule has 0 saturated carbocycles. The van der Waals surface area contributed by atoms with E-state index in [1.165, 1.54) is 23.5 Å². The third kappa shape index (κ3) is 4.10. The maximum absolute atomic E-state index is 13.5. The third-order valence-corrected chi connectivity index (χ3v) is 8.46. The van der Waals surface area contributed by atoms with E-state index in [0.29, 0.717) is 37.6 Å². The summed E-state index contributed by atoms with van der Waals surface area (Å²) in [5.74, 6) is -0.934. The molecule has 3 heterocycles. The lowest BCUT2D eigenvalue weighted by atomic mass is 10.0. The molecule has 2 saturated heterocycles. The highest BCUT2D eigenvalue weighted by Gasteiger charge is 2.52. The Hall–Kier alpha value is -2.24. The Kier molecular flexibility index (Phi) is 6.04. The summed E-state index contributed by atoms with van der Waals surface area (Å²) in [6.07, 6.45) is 0. The summed E-state index contributed by atoms with van der Waals surface area (Å²) in [6, 6.07) is 11.5. The first-order valence-electron chi connectivity index (χ1n) is 11.1. The van der Waals surface area contributed by atoms with Crippen molar-refractivity contribution >= 4 is 15.7 Å². The van der Waals surface area contributed by atoms with Crippen LogP contribution < -0.4 is 9.64 Å². The Morgan fingerprint density at radius 2 is 1.70 bits per heavy atom. The van der Waals surface area contributed by atoms with Crippen LogP contribution in [0.15, 0.2) is 47.4 Å². The molecule has 0 aromatic heterocycles. The summed E-state index contributed by atoms with van der Waals surface area (Å²) in [5.41, 5.74) is 1.45. The lowest BCUT2D eigenvalue weighted by molar-refractivity contribution is -0.177. The summed E-state index contributed by atoms with van der Waals surface area (Å²) >= 11 is 0. The number of hydrogen-bond acceptors (Lipinski definition) is 7. The van der Waals surface area contributed by atoms with E-state index in [1.807, 2.05) is 0 Å². The van der Waals surface area contributed by atoms with Crippen LogP contribution in [-0.2, 0) is 25.3 Å². The summed E-state index contributed by atoms with van der Waals surface area (Å²) in [5, 5.41) is 0. The van der Waals surface area contributed by atoms with Crippen molar-refractivity contribution in [3.05, 3.63) is 53.8 Å². The summed E-state index contributed by atoms with van der Waals surface area (Å²) in [4.78, 5) is 4.64. The van der Waals surface area contributed by atoms with Crippen LogP contribution in [0.2, 0.25) is 0 Å². The first-order valence-corrected chi connectivity index (χ1v) is 12.6. The van der Waals surface area contributed by atoms with Crippen molar-refractivity contribution in [2.24, 2.45) is 0 Å². The van der Waals surface area contributed by atoms with Crippen molar-refractivity contribution in [2.75, 3.05) is 71.0 Å². The smallest absolute Gasteiger partial charge is 0.243 e. The van der Waals surface area contributed by atoms with E-state index in [2.05, 4.69) is 9.80 Å². The van der Waals surface area contributed by atoms with Crippen LogP contribution in [0.1, 0.15) is 5.56 Å². The minimum atomic E-state index is -3.72. The number of benzene rings is 2. The number of rotatable bonds is 5. The van der Waals surface area contributed by atoms with Gasteiger partial charge in [-0.05, 0) is 36.4 Å². The summed E-state index contributed by atoms with van der Waals surface area (Å²) in [7, 11) is -2.20. The molecule has 2 aromatic carbocycles. The van der Waals surface area contributed by atoms with Gasteiger partial charge >= 0.3 is 0 Å². The van der Waals surface area contributed by atoms with E-state index >= 15 is 0 Å². The van der Waals surface area contributed by atoms with Gasteiger partial charge in [-0.25, -0.2) is 12.8 Å². The summed E-state index contributed by atoms with van der Waals surface area (Å²) < 4.78 is 59.0. The molecule has 0 amide bonds. The van der Waals surface area contributed by atoms with Crippen LogP contribution in [0.3, 0.4) is 0 Å². The first-order chi connectivity index (χ1) is 15.9. The molecular formula is C23H28FN3O5S. The second-order valence-corrected chi connectivity index (χ2v) is 10.3. The Morgan fingerprint density at radius 3 is 2.36 bits per heavy atom. The Bertz CT molecular complexity index is 1100. The van der Waals surface area contributed by atoms with E-state index in [9.17, 15) is 12.8 Å². The van der Waals surface area contributed by atoms with Crippen molar-refractivity contribution in [2.45, 2.75) is 10.7 Å². The van der Waals surface area contributed by atoms with E-state index in [0.717, 1.165) is 31.9 Å². The SMILES string of the molecule is COc1cccc2c1C1(CN(CCN3CCN(c4ccc(F)cc4)CC3)S2(=O)=O)OCCO1. The highest BCUT2D eigenvalue weighted by atomic mass is 32.2. The fourth-order valence-corrected chi connectivity index (χ4v) is 6.54. The van der Waals surface area contributed by atoms with Crippen molar-refractivity contribution < 1.29 is 27.0 Å². The lowest BCUT2D eigenvalue weighted by Crippen LogP contribution is -2.53. The highest BCUT2D eigenvalue weighted by molar-refractivity contribution is 7.89. The predicted octanol–water partition coefficient (Wildman–Crippen LogP) is 1.86. The number of ether oxygens (including phenoxy) is 3. The van der Waals surface area contributed by atoms with Gasteiger partial charge in [0.2, 0.25) is 15.8 Å². The standard InChI is InChI=1S/C23H28FN3O5S/c1-30-20-3-2-4-21-22(20)23(31-15-16-32-23)17-27(33(21,28)29)14-11-25-9-12-26(13-10-25)19-7-5-18(24)6-8-19/h2-8H,9-17H2,1H3. The molecule has 0 N–H and O–H groups in total. The van der Waals surface area contributed by atoms with Crippen molar-refractivity contribution in [1.29, 1.82) is 0 Å². The quantitative estimate of drug-likeness (QED) is 0.651. The molecule has 0 aliphatic carbocycles. The zero-order valence-electron chi connectivity index (χ0n) is 18.6. The van der Waals surface area contributed by atoms with Crippen molar-refractivity contribution in [3.63, 3.8) is 0 Å². The van der Waals surface area contributed by atoms with E-state index in [1.54, 1.807) is 30.3 Å². The fraction of sp³-hybridized carbons (Fsp3) is 0.478. The number of hydrogen-bond donors (Lipinski definition) is 0. The monoisotopic (exact) mass is 477 g/mol. The van der Waals surface area contributed by atoms with Crippen LogP contribution >= 0.6 is 0 Å². The van der Waals surface area contributed by atoms with Gasteiger partial charge in [0.25, 0.3) is 0 Å². The van der Waals surface area contributed by atoms with Crippen molar-refractivity contribution in [3.8, 4) is 5.75 Å². The van der Waals surface area contributed by atoms with Gasteiger partial charge in [0, 0.05) is 45.0 Å². The highest BCUT2D eigenvalue weighted by Crippen LogP contribution is 2.46. The van der Waals surface area contributed by atoms with Gasteiger partial charge in [-0.15, -0.1) is 0 Å². The minimum absolute atomic E-state index is 0.0955. The Morgan fingerprint density at radius 1 is 1.00 bits per heavy atom. The third-order valence-electron chi connectivity index (χ3n) is 6.57. The molecule has 0 bridgehead atoms. The van der Waals surface area contributed by atoms with E-state index in [4.69, 9.17) is 14.2 Å². The molecule has 178 valence electrons. The summed E-state index contributed by atoms with van der Waals surface area (Å²) in [6.45, 7) is 5.03. The zero-order valence-corrected chi connectivity index (χ0v) is 19.4. The number of anilines is 1. The molecule has 2 fully saturated rings. The molecule has 3 aliphatic rings. The van der Waals surface area contributed by atoms with Crippen molar-refractivity contribution in [1.82, 2.24) is 9.21 Å². The molecule has 0 unspecified atom stereocenters. The van der Waals surface area contributed by atoms with Crippen LogP contribution in [-0.4, -0.2) is 83.8 Å². The second kappa shape index (κ2) is 8.84. The normalized spacial score (nSPS) is 22.4. The van der Waals surface area contributed by atoms with Gasteiger partial charge in [0.15, 0.2) is 0 Å². The van der Waals surface area contributed by atoms with Gasteiger partial charge in [-0.3, -0.25) is 4.90 Å². The van der Waals surface area contributed by atoms with E-state index < -0.39 is 15.8 Å². The maximum atomic E-state index is 13.5. The number of fused-ring (bicyclic) bond motifs is 2. The Balaban J connectivity index is 1.29. The molecule has 1 spiro atoms. The molecule has 3 aliphatic heterocycles. The average Bonchev–Trinajstić information content (AvgIpc) is 3.30. The van der Waals surface area contributed by atoms with Crippen LogP contribution in [0.4, 0.5) is 10.1 Å². The van der Waals surface area contributed by atoms with Crippen LogP contribution in [0.5, 0.6) is 5.75 Å². The van der Waals surface area contributed by atoms with Gasteiger partial charge in [-0.2, -0.15) is 4.31 Å². The molecule has 5 rings (SSSR count). The molecule has 0 atom stereocenters. The molecule has 33 heavy (non-hydrogen) atoms. The van der Waals surface area contributed by atoms with Gasteiger partial charge in [-0.1, -0.05) is 6.07 Å². The Labute approximate surface area is 193 Å². The van der Waals surface area contributed by atoms with E-state index in [-0.39, 0.29) is 17.3 Å². The molecule has 10 heteroatoms. The average molecular weight is 478 g/mol. The molecule has 0 radical (unpaired) electrons. The predicted molar refractivity (Wildman–Crippen MR) is 120 cm³/mol.